The highest BCUT2D eigenvalue weighted by Crippen LogP contribution is 2.25. The molecule has 0 radical (unpaired) electrons. The van der Waals surface area contributed by atoms with Crippen LogP contribution in [-0.4, -0.2) is 12.4 Å². The second kappa shape index (κ2) is 6.56. The van der Waals surface area contributed by atoms with E-state index in [1.807, 2.05) is 38.1 Å². The summed E-state index contributed by atoms with van der Waals surface area (Å²) in [6.45, 7) is 3.60. The van der Waals surface area contributed by atoms with Crippen LogP contribution in [0.5, 0.6) is 0 Å². The van der Waals surface area contributed by atoms with Gasteiger partial charge in [-0.2, -0.15) is 0 Å². The van der Waals surface area contributed by atoms with Crippen LogP contribution in [0, 0.1) is 13.8 Å². The van der Waals surface area contributed by atoms with Gasteiger partial charge in [0, 0.05) is 16.7 Å². The number of carbonyl (C=O) groups is 1. The summed E-state index contributed by atoms with van der Waals surface area (Å²) in [5, 5.41) is 0.684. The van der Waals surface area contributed by atoms with Gasteiger partial charge in [0.15, 0.2) is 12.4 Å². The summed E-state index contributed by atoms with van der Waals surface area (Å²) < 4.78 is 17.5. The third-order valence-corrected chi connectivity index (χ3v) is 4.46. The van der Waals surface area contributed by atoms with E-state index in [1.165, 1.54) is 0 Å². The molecule has 0 N–H and O–H groups in total. The van der Waals surface area contributed by atoms with Crippen molar-refractivity contribution in [1.29, 1.82) is 0 Å². The molecule has 102 valence electrons. The number of carbonyl (C=O) groups excluding carboxylic acids is 1. The van der Waals surface area contributed by atoms with Crippen molar-refractivity contribution in [3.8, 4) is 0 Å². The predicted octanol–water partition coefficient (Wildman–Crippen LogP) is 3.57. The Hall–Kier alpha value is -1.83. The summed E-state index contributed by atoms with van der Waals surface area (Å²) in [6, 6.07) is 14.5. The van der Waals surface area contributed by atoms with Crippen molar-refractivity contribution in [2.45, 2.75) is 13.8 Å². The van der Waals surface area contributed by atoms with Crippen LogP contribution < -0.4 is 5.30 Å². The average molecular weight is 287 g/mol. The Bertz CT molecular complexity index is 615. The molecule has 1 unspecified atom stereocenters. The lowest BCUT2D eigenvalue weighted by Crippen LogP contribution is -2.11. The van der Waals surface area contributed by atoms with E-state index in [4.69, 9.17) is 4.52 Å². The van der Waals surface area contributed by atoms with E-state index >= 15 is 0 Å². The van der Waals surface area contributed by atoms with Crippen LogP contribution in [0.4, 0.5) is 0 Å². The van der Waals surface area contributed by atoms with Gasteiger partial charge >= 0.3 is 8.03 Å². The highest BCUT2D eigenvalue weighted by molar-refractivity contribution is 7.48. The number of hydrogen-bond acceptors (Lipinski definition) is 3. The van der Waals surface area contributed by atoms with Crippen molar-refractivity contribution in [3.05, 3.63) is 65.2 Å². The molecule has 1 atom stereocenters. The van der Waals surface area contributed by atoms with Gasteiger partial charge in [0.05, 0.1) is 0 Å². The molecule has 0 bridgehead atoms. The van der Waals surface area contributed by atoms with Gasteiger partial charge < -0.3 is 0 Å². The summed E-state index contributed by atoms with van der Waals surface area (Å²) in [5.74, 6) is -0.166. The first kappa shape index (κ1) is 14.6. The third-order valence-electron chi connectivity index (χ3n) is 3.03. The fraction of sp³-hybridized carbons (Fsp3) is 0.188. The Balaban J connectivity index is 2.05. The minimum atomic E-state index is -2.01. The maximum atomic E-state index is 12.2. The first-order valence-electron chi connectivity index (χ1n) is 6.34. The Morgan fingerprint density at radius 1 is 1.00 bits per heavy atom. The number of ketones is 1. The van der Waals surface area contributed by atoms with Crippen molar-refractivity contribution in [1.82, 2.24) is 0 Å². The Kier molecular flexibility index (Phi) is 4.78. The second-order valence-electron chi connectivity index (χ2n) is 4.56. The first-order valence-corrected chi connectivity index (χ1v) is 7.52. The molecule has 0 aliphatic rings. The molecule has 2 aromatic carbocycles. The summed E-state index contributed by atoms with van der Waals surface area (Å²) in [5.41, 5.74) is 2.40. The number of aryl methyl sites for hydroxylation is 2. The molecular formula is C16H16O3P+. The summed E-state index contributed by atoms with van der Waals surface area (Å²) in [4.78, 5) is 11.9. The highest BCUT2D eigenvalue weighted by atomic mass is 31.1. The first-order chi connectivity index (χ1) is 9.59. The fourth-order valence-corrected chi connectivity index (χ4v) is 3.07. The van der Waals surface area contributed by atoms with Crippen molar-refractivity contribution in [3.63, 3.8) is 0 Å². The van der Waals surface area contributed by atoms with Gasteiger partial charge in [0.25, 0.3) is 0 Å². The number of hydrogen-bond donors (Lipinski definition) is 0. The molecule has 4 heteroatoms. The van der Waals surface area contributed by atoms with E-state index in [0.717, 1.165) is 11.1 Å². The van der Waals surface area contributed by atoms with E-state index in [1.54, 1.807) is 24.3 Å². The molecule has 20 heavy (non-hydrogen) atoms. The summed E-state index contributed by atoms with van der Waals surface area (Å²) in [7, 11) is -2.01. The Labute approximate surface area is 119 Å². The number of benzene rings is 2. The summed E-state index contributed by atoms with van der Waals surface area (Å²) in [6.07, 6.45) is 0. The molecular weight excluding hydrogens is 271 g/mol. The molecule has 0 spiro atoms. The minimum absolute atomic E-state index is 0.166. The van der Waals surface area contributed by atoms with Crippen molar-refractivity contribution >= 4 is 19.1 Å². The average Bonchev–Trinajstić information content (AvgIpc) is 2.45. The van der Waals surface area contributed by atoms with Crippen molar-refractivity contribution in [2.75, 3.05) is 6.61 Å². The van der Waals surface area contributed by atoms with E-state index in [0.29, 0.717) is 10.9 Å². The van der Waals surface area contributed by atoms with Crippen molar-refractivity contribution < 1.29 is 13.9 Å². The third kappa shape index (κ3) is 3.38. The molecule has 0 aliphatic heterocycles. The predicted molar refractivity (Wildman–Crippen MR) is 79.9 cm³/mol. The van der Waals surface area contributed by atoms with Crippen LogP contribution in [0.2, 0.25) is 0 Å². The van der Waals surface area contributed by atoms with Crippen LogP contribution in [0.1, 0.15) is 21.5 Å². The smallest absolute Gasteiger partial charge is 0.291 e. The molecule has 0 saturated carbocycles. The number of Topliss-reactive ketones (excluding diaryl/α,β-unsaturated/α-hetero) is 1. The van der Waals surface area contributed by atoms with Gasteiger partial charge in [-0.3, -0.25) is 4.79 Å². The fourth-order valence-electron chi connectivity index (χ4n) is 1.98. The monoisotopic (exact) mass is 287 g/mol. The minimum Gasteiger partial charge on any atom is -0.291 e. The largest absolute Gasteiger partial charge is 0.549 e. The lowest BCUT2D eigenvalue weighted by Gasteiger charge is -1.99. The molecule has 2 rings (SSSR count). The van der Waals surface area contributed by atoms with Gasteiger partial charge in [-0.1, -0.05) is 48.5 Å². The van der Waals surface area contributed by atoms with Gasteiger partial charge in [0.1, 0.15) is 0 Å². The molecule has 0 heterocycles. The van der Waals surface area contributed by atoms with Crippen molar-refractivity contribution in [2.24, 2.45) is 0 Å². The van der Waals surface area contributed by atoms with E-state index < -0.39 is 8.03 Å². The topological polar surface area (TPSA) is 43.4 Å². The van der Waals surface area contributed by atoms with E-state index in [-0.39, 0.29) is 12.4 Å². The molecule has 0 amide bonds. The van der Waals surface area contributed by atoms with Gasteiger partial charge in [-0.05, 0) is 18.4 Å². The van der Waals surface area contributed by atoms with E-state index in [9.17, 15) is 9.36 Å². The zero-order valence-electron chi connectivity index (χ0n) is 11.5. The lowest BCUT2D eigenvalue weighted by molar-refractivity contribution is 0.0928. The standard InChI is InChI=1S/C16H16O3P/c1-12-7-6-8-13(2)16(12)20(18)19-11-15(17)14-9-4-3-5-10-14/h3-10H,11H2,1-2H3/q+1. The van der Waals surface area contributed by atoms with Crippen LogP contribution in [0.25, 0.3) is 0 Å². The lowest BCUT2D eigenvalue weighted by atomic mass is 10.1. The molecule has 0 saturated heterocycles. The van der Waals surface area contributed by atoms with Gasteiger partial charge in [0.2, 0.25) is 5.30 Å². The Morgan fingerprint density at radius 3 is 2.20 bits per heavy atom. The van der Waals surface area contributed by atoms with Crippen LogP contribution in [0.15, 0.2) is 48.5 Å². The van der Waals surface area contributed by atoms with Gasteiger partial charge in [-0.25, -0.2) is 0 Å². The molecule has 0 aliphatic carbocycles. The summed E-state index contributed by atoms with van der Waals surface area (Å²) >= 11 is 0. The molecule has 3 nitrogen and oxygen atoms in total. The highest BCUT2D eigenvalue weighted by Gasteiger charge is 2.28. The van der Waals surface area contributed by atoms with Crippen LogP contribution in [0.3, 0.4) is 0 Å². The zero-order chi connectivity index (χ0) is 14.5. The molecule has 0 aromatic heterocycles. The quantitative estimate of drug-likeness (QED) is 0.623. The maximum Gasteiger partial charge on any atom is 0.549 e. The van der Waals surface area contributed by atoms with Crippen LogP contribution in [-0.2, 0) is 9.09 Å². The SMILES string of the molecule is Cc1cccc(C)c1[P+](=O)OCC(=O)c1ccccc1. The van der Waals surface area contributed by atoms with Gasteiger partial charge in [-0.15, -0.1) is 4.52 Å². The van der Waals surface area contributed by atoms with E-state index in [2.05, 4.69) is 0 Å². The second-order valence-corrected chi connectivity index (χ2v) is 5.78. The molecule has 2 aromatic rings. The Morgan fingerprint density at radius 2 is 1.60 bits per heavy atom. The maximum absolute atomic E-state index is 12.2. The normalized spacial score (nSPS) is 11.2. The molecule has 0 fully saturated rings. The number of rotatable bonds is 5. The zero-order valence-corrected chi connectivity index (χ0v) is 12.4. The van der Waals surface area contributed by atoms with Crippen LogP contribution >= 0.6 is 8.03 Å².